The molecule has 5 heteroatoms. The van der Waals surface area contributed by atoms with Gasteiger partial charge in [0.1, 0.15) is 5.82 Å². The first-order chi connectivity index (χ1) is 9.56. The van der Waals surface area contributed by atoms with Crippen molar-refractivity contribution in [2.24, 2.45) is 0 Å². The SMILES string of the molecule is CNC(=O)[C@@]1(c2ccc(F)cc2)C[C@@H]2CCC(=O)N2C1. The molecule has 2 atom stereocenters. The Morgan fingerprint density at radius 1 is 1.40 bits per heavy atom. The molecule has 20 heavy (non-hydrogen) atoms. The van der Waals surface area contributed by atoms with Crippen LogP contribution in [0.25, 0.3) is 0 Å². The van der Waals surface area contributed by atoms with Crippen molar-refractivity contribution in [3.8, 4) is 0 Å². The first kappa shape index (κ1) is 13.1. The number of benzene rings is 1. The van der Waals surface area contributed by atoms with Crippen LogP contribution in [0, 0.1) is 5.82 Å². The molecule has 0 aliphatic carbocycles. The van der Waals surface area contributed by atoms with Gasteiger partial charge in [-0.2, -0.15) is 0 Å². The van der Waals surface area contributed by atoms with E-state index in [-0.39, 0.29) is 23.7 Å². The smallest absolute Gasteiger partial charge is 0.232 e. The van der Waals surface area contributed by atoms with E-state index in [1.54, 1.807) is 24.1 Å². The zero-order valence-corrected chi connectivity index (χ0v) is 11.4. The summed E-state index contributed by atoms with van der Waals surface area (Å²) in [5.41, 5.74) is 0.0314. The summed E-state index contributed by atoms with van der Waals surface area (Å²) in [6.45, 7) is 0.391. The van der Waals surface area contributed by atoms with E-state index in [4.69, 9.17) is 0 Å². The van der Waals surface area contributed by atoms with E-state index in [0.717, 1.165) is 12.0 Å². The van der Waals surface area contributed by atoms with Gasteiger partial charge in [0.15, 0.2) is 0 Å². The molecular weight excluding hydrogens is 259 g/mol. The average Bonchev–Trinajstić information content (AvgIpc) is 2.99. The Morgan fingerprint density at radius 2 is 2.10 bits per heavy atom. The number of hydrogen-bond donors (Lipinski definition) is 1. The molecular formula is C15H17FN2O2. The van der Waals surface area contributed by atoms with E-state index < -0.39 is 5.41 Å². The highest BCUT2D eigenvalue weighted by Crippen LogP contribution is 2.42. The summed E-state index contributed by atoms with van der Waals surface area (Å²) in [4.78, 5) is 26.1. The van der Waals surface area contributed by atoms with Crippen LogP contribution >= 0.6 is 0 Å². The highest BCUT2D eigenvalue weighted by Gasteiger charge is 2.53. The minimum absolute atomic E-state index is 0.105. The molecule has 2 aliphatic rings. The number of halogens is 1. The third-order valence-electron chi connectivity index (χ3n) is 4.54. The van der Waals surface area contributed by atoms with Crippen LogP contribution in [0.1, 0.15) is 24.8 Å². The number of nitrogens with zero attached hydrogens (tertiary/aromatic N) is 1. The lowest BCUT2D eigenvalue weighted by atomic mass is 9.77. The van der Waals surface area contributed by atoms with Crippen LogP contribution in [-0.4, -0.2) is 36.3 Å². The fraction of sp³-hybridized carbons (Fsp3) is 0.467. The van der Waals surface area contributed by atoms with Gasteiger partial charge in [-0.1, -0.05) is 12.1 Å². The van der Waals surface area contributed by atoms with Crippen molar-refractivity contribution in [2.45, 2.75) is 30.7 Å². The third kappa shape index (κ3) is 1.80. The lowest BCUT2D eigenvalue weighted by Gasteiger charge is -2.28. The van der Waals surface area contributed by atoms with Gasteiger partial charge in [-0.05, 0) is 30.5 Å². The normalized spacial score (nSPS) is 28.6. The van der Waals surface area contributed by atoms with Gasteiger partial charge in [-0.25, -0.2) is 4.39 Å². The molecule has 106 valence electrons. The average molecular weight is 276 g/mol. The van der Waals surface area contributed by atoms with E-state index in [2.05, 4.69) is 5.32 Å². The van der Waals surface area contributed by atoms with Gasteiger partial charge < -0.3 is 10.2 Å². The molecule has 2 fully saturated rings. The van der Waals surface area contributed by atoms with Gasteiger partial charge in [0, 0.05) is 26.1 Å². The topological polar surface area (TPSA) is 49.4 Å². The van der Waals surface area contributed by atoms with Crippen LogP contribution in [0.3, 0.4) is 0 Å². The van der Waals surface area contributed by atoms with Gasteiger partial charge in [0.25, 0.3) is 0 Å². The molecule has 0 aromatic heterocycles. The van der Waals surface area contributed by atoms with Gasteiger partial charge in [-0.3, -0.25) is 9.59 Å². The molecule has 1 aromatic carbocycles. The van der Waals surface area contributed by atoms with Crippen molar-refractivity contribution in [3.63, 3.8) is 0 Å². The van der Waals surface area contributed by atoms with E-state index in [1.807, 2.05) is 0 Å². The molecule has 0 unspecified atom stereocenters. The lowest BCUT2D eigenvalue weighted by Crippen LogP contribution is -2.45. The first-order valence-corrected chi connectivity index (χ1v) is 6.84. The van der Waals surface area contributed by atoms with Crippen LogP contribution in [0.2, 0.25) is 0 Å². The number of rotatable bonds is 2. The van der Waals surface area contributed by atoms with E-state index in [1.165, 1.54) is 12.1 Å². The molecule has 4 nitrogen and oxygen atoms in total. The van der Waals surface area contributed by atoms with Crippen molar-refractivity contribution in [3.05, 3.63) is 35.6 Å². The summed E-state index contributed by atoms with van der Waals surface area (Å²) in [5.74, 6) is -0.315. The van der Waals surface area contributed by atoms with Crippen LogP contribution in [0.5, 0.6) is 0 Å². The number of hydrogen-bond acceptors (Lipinski definition) is 2. The van der Waals surface area contributed by atoms with Gasteiger partial charge in [0.2, 0.25) is 11.8 Å². The molecule has 2 aliphatic heterocycles. The van der Waals surface area contributed by atoms with Gasteiger partial charge in [-0.15, -0.1) is 0 Å². The lowest BCUT2D eigenvalue weighted by molar-refractivity contribution is -0.129. The van der Waals surface area contributed by atoms with E-state index in [0.29, 0.717) is 19.4 Å². The number of likely N-dealkylation sites (N-methyl/N-ethyl adjacent to an activating group) is 1. The van der Waals surface area contributed by atoms with Crippen molar-refractivity contribution in [1.29, 1.82) is 0 Å². The Labute approximate surface area is 117 Å². The van der Waals surface area contributed by atoms with Crippen LogP contribution in [0.4, 0.5) is 4.39 Å². The number of carbonyl (C=O) groups excluding carboxylic acids is 2. The molecule has 0 bridgehead atoms. The minimum Gasteiger partial charge on any atom is -0.358 e. The molecule has 2 heterocycles. The Hall–Kier alpha value is -1.91. The van der Waals surface area contributed by atoms with Gasteiger partial charge >= 0.3 is 0 Å². The Morgan fingerprint density at radius 3 is 2.70 bits per heavy atom. The Kier molecular flexibility index (Phi) is 3.00. The van der Waals surface area contributed by atoms with E-state index >= 15 is 0 Å². The second-order valence-corrected chi connectivity index (χ2v) is 5.59. The largest absolute Gasteiger partial charge is 0.358 e. The van der Waals surface area contributed by atoms with Crippen LogP contribution in [-0.2, 0) is 15.0 Å². The first-order valence-electron chi connectivity index (χ1n) is 6.84. The van der Waals surface area contributed by atoms with Crippen molar-refractivity contribution in [1.82, 2.24) is 10.2 Å². The maximum Gasteiger partial charge on any atom is 0.232 e. The highest BCUT2D eigenvalue weighted by atomic mass is 19.1. The van der Waals surface area contributed by atoms with Crippen molar-refractivity contribution >= 4 is 11.8 Å². The summed E-state index contributed by atoms with van der Waals surface area (Å²) in [6.07, 6.45) is 1.99. The second-order valence-electron chi connectivity index (χ2n) is 5.59. The van der Waals surface area contributed by atoms with Crippen LogP contribution < -0.4 is 5.32 Å². The predicted molar refractivity (Wildman–Crippen MR) is 71.5 cm³/mol. The minimum atomic E-state index is -0.747. The van der Waals surface area contributed by atoms with Crippen LogP contribution in [0.15, 0.2) is 24.3 Å². The summed E-state index contributed by atoms with van der Waals surface area (Å²) in [7, 11) is 1.60. The predicted octanol–water partition coefficient (Wildman–Crippen LogP) is 1.20. The molecule has 0 saturated carbocycles. The molecule has 1 aromatic rings. The fourth-order valence-corrected chi connectivity index (χ4v) is 3.49. The third-order valence-corrected chi connectivity index (χ3v) is 4.54. The zero-order chi connectivity index (χ0) is 14.3. The summed E-state index contributed by atoms with van der Waals surface area (Å²) in [6, 6.07) is 6.16. The summed E-state index contributed by atoms with van der Waals surface area (Å²) >= 11 is 0. The molecule has 3 rings (SSSR count). The maximum absolute atomic E-state index is 13.1. The monoisotopic (exact) mass is 276 g/mol. The number of nitrogens with one attached hydrogen (secondary N) is 1. The molecule has 1 N–H and O–H groups in total. The molecule has 2 amide bonds. The maximum atomic E-state index is 13.1. The van der Waals surface area contributed by atoms with E-state index in [9.17, 15) is 14.0 Å². The Bertz CT molecular complexity index is 557. The number of fused-ring (bicyclic) bond motifs is 1. The fourth-order valence-electron chi connectivity index (χ4n) is 3.49. The molecule has 0 spiro atoms. The Balaban J connectivity index is 2.01. The highest BCUT2D eigenvalue weighted by molar-refractivity contribution is 5.91. The second kappa shape index (κ2) is 4.58. The standard InChI is InChI=1S/C15H17FN2O2/c1-17-14(20)15(10-2-4-11(16)5-3-10)8-12-6-7-13(19)18(12)9-15/h2-5,12H,6-9H2,1H3,(H,17,20)/t12-,15-/m0/s1. The number of carbonyl (C=O) groups is 2. The summed E-state index contributed by atoms with van der Waals surface area (Å²) < 4.78 is 13.1. The van der Waals surface area contributed by atoms with Crippen molar-refractivity contribution < 1.29 is 14.0 Å². The molecule has 0 radical (unpaired) electrons. The molecule has 2 saturated heterocycles. The van der Waals surface area contributed by atoms with Crippen molar-refractivity contribution in [2.75, 3.05) is 13.6 Å². The number of amides is 2. The quantitative estimate of drug-likeness (QED) is 0.882. The van der Waals surface area contributed by atoms with Gasteiger partial charge in [0.05, 0.1) is 5.41 Å². The summed E-state index contributed by atoms with van der Waals surface area (Å²) in [5, 5.41) is 2.69. The zero-order valence-electron chi connectivity index (χ0n) is 11.4.